The molecule has 0 bridgehead atoms. The van der Waals surface area contributed by atoms with Gasteiger partial charge in [0.2, 0.25) is 0 Å². The first-order valence-electron chi connectivity index (χ1n) is 6.94. The lowest BCUT2D eigenvalue weighted by Crippen LogP contribution is -2.23. The van der Waals surface area contributed by atoms with Crippen molar-refractivity contribution in [3.05, 3.63) is 69.2 Å². The third-order valence-electron chi connectivity index (χ3n) is 3.47. The van der Waals surface area contributed by atoms with Gasteiger partial charge in [0.25, 0.3) is 0 Å². The van der Waals surface area contributed by atoms with Crippen molar-refractivity contribution in [1.29, 1.82) is 0 Å². The Morgan fingerprint density at radius 3 is 2.48 bits per heavy atom. The zero-order valence-electron chi connectivity index (χ0n) is 12.1. The lowest BCUT2D eigenvalue weighted by atomic mass is 9.98. The quantitative estimate of drug-likeness (QED) is 0.803. The predicted molar refractivity (Wildman–Crippen MR) is 85.4 cm³/mol. The summed E-state index contributed by atoms with van der Waals surface area (Å²) in [7, 11) is 0. The molecule has 1 nitrogen and oxygen atoms in total. The monoisotopic (exact) mass is 353 g/mol. The van der Waals surface area contributed by atoms with Gasteiger partial charge in [-0.15, -0.1) is 0 Å². The van der Waals surface area contributed by atoms with Crippen LogP contribution in [0.15, 0.2) is 40.9 Å². The maximum absolute atomic E-state index is 13.3. The molecule has 1 atom stereocenters. The average Bonchev–Trinajstić information content (AvgIpc) is 2.45. The summed E-state index contributed by atoms with van der Waals surface area (Å²) in [6.07, 6.45) is 0.612. The second-order valence-electron chi connectivity index (χ2n) is 5.07. The Bertz CT molecular complexity index is 628. The molecule has 0 aliphatic rings. The molecule has 0 spiro atoms. The van der Waals surface area contributed by atoms with E-state index in [4.69, 9.17) is 0 Å². The average molecular weight is 354 g/mol. The molecule has 1 unspecified atom stereocenters. The Hall–Kier alpha value is -1.26. The highest BCUT2D eigenvalue weighted by molar-refractivity contribution is 9.10. The van der Waals surface area contributed by atoms with Gasteiger partial charge in [0.1, 0.15) is 0 Å². The normalized spacial score (nSPS) is 12.4. The number of benzene rings is 2. The van der Waals surface area contributed by atoms with Gasteiger partial charge in [-0.1, -0.05) is 41.1 Å². The van der Waals surface area contributed by atoms with E-state index < -0.39 is 11.6 Å². The highest BCUT2D eigenvalue weighted by atomic mass is 79.9. The van der Waals surface area contributed by atoms with Crippen LogP contribution in [0.3, 0.4) is 0 Å². The summed E-state index contributed by atoms with van der Waals surface area (Å²) in [4.78, 5) is 0. The Morgan fingerprint density at radius 1 is 1.10 bits per heavy atom. The predicted octanol–water partition coefficient (Wildman–Crippen LogP) is 4.93. The van der Waals surface area contributed by atoms with E-state index in [1.54, 1.807) is 6.07 Å². The van der Waals surface area contributed by atoms with E-state index >= 15 is 0 Å². The van der Waals surface area contributed by atoms with Gasteiger partial charge in [-0.3, -0.25) is 0 Å². The lowest BCUT2D eigenvalue weighted by molar-refractivity contribution is 0.502. The summed E-state index contributed by atoms with van der Waals surface area (Å²) < 4.78 is 27.4. The van der Waals surface area contributed by atoms with Gasteiger partial charge in [0.15, 0.2) is 11.6 Å². The van der Waals surface area contributed by atoms with Crippen molar-refractivity contribution >= 4 is 15.9 Å². The molecule has 4 heteroatoms. The van der Waals surface area contributed by atoms with Crippen molar-refractivity contribution in [3.8, 4) is 0 Å². The Kier molecular flexibility index (Phi) is 5.48. The van der Waals surface area contributed by atoms with Crippen LogP contribution >= 0.6 is 15.9 Å². The van der Waals surface area contributed by atoms with Gasteiger partial charge in [-0.2, -0.15) is 0 Å². The van der Waals surface area contributed by atoms with Gasteiger partial charge < -0.3 is 5.32 Å². The molecule has 2 aromatic rings. The molecular formula is C17H18BrF2N. The molecule has 112 valence electrons. The van der Waals surface area contributed by atoms with E-state index in [0.717, 1.165) is 22.1 Å². The first kappa shape index (κ1) is 16.1. The van der Waals surface area contributed by atoms with E-state index in [2.05, 4.69) is 39.4 Å². The largest absolute Gasteiger partial charge is 0.310 e. The van der Waals surface area contributed by atoms with Crippen LogP contribution in [0.1, 0.15) is 29.7 Å². The van der Waals surface area contributed by atoms with Crippen LogP contribution in [-0.2, 0) is 6.42 Å². The first-order valence-corrected chi connectivity index (χ1v) is 7.74. The van der Waals surface area contributed by atoms with E-state index in [-0.39, 0.29) is 6.04 Å². The van der Waals surface area contributed by atoms with Gasteiger partial charge in [0.05, 0.1) is 0 Å². The number of likely N-dealkylation sites (N-methyl/N-ethyl adjacent to an activating group) is 1. The number of rotatable bonds is 5. The van der Waals surface area contributed by atoms with E-state index in [9.17, 15) is 8.78 Å². The summed E-state index contributed by atoms with van der Waals surface area (Å²) in [5, 5.41) is 3.39. The van der Waals surface area contributed by atoms with Crippen LogP contribution in [0.5, 0.6) is 0 Å². The molecule has 0 amide bonds. The summed E-state index contributed by atoms with van der Waals surface area (Å²) in [6, 6.07) is 10.3. The molecule has 0 radical (unpaired) electrons. The minimum absolute atomic E-state index is 0.0664. The standard InChI is InChI=1S/C17H18BrF2N/c1-3-21-17(13-6-4-11(2)14(18)10-13)9-12-5-7-15(19)16(20)8-12/h4-8,10,17,21H,3,9H2,1-2H3. The van der Waals surface area contributed by atoms with Crippen LogP contribution in [0.4, 0.5) is 8.78 Å². The molecule has 2 rings (SSSR count). The summed E-state index contributed by atoms with van der Waals surface area (Å²) >= 11 is 3.53. The van der Waals surface area contributed by atoms with Crippen molar-refractivity contribution < 1.29 is 8.78 Å². The fourth-order valence-corrected chi connectivity index (χ4v) is 2.68. The molecule has 0 saturated heterocycles. The molecular weight excluding hydrogens is 336 g/mol. The molecule has 0 saturated carbocycles. The van der Waals surface area contributed by atoms with Gasteiger partial charge in [-0.25, -0.2) is 8.78 Å². The maximum Gasteiger partial charge on any atom is 0.159 e. The van der Waals surface area contributed by atoms with Crippen molar-refractivity contribution in [2.75, 3.05) is 6.54 Å². The van der Waals surface area contributed by atoms with Crippen molar-refractivity contribution in [1.82, 2.24) is 5.32 Å². The number of nitrogens with one attached hydrogen (secondary N) is 1. The van der Waals surface area contributed by atoms with Crippen molar-refractivity contribution in [2.45, 2.75) is 26.3 Å². The van der Waals surface area contributed by atoms with Gasteiger partial charge >= 0.3 is 0 Å². The maximum atomic E-state index is 13.3. The Balaban J connectivity index is 2.25. The van der Waals surface area contributed by atoms with Crippen LogP contribution in [0.2, 0.25) is 0 Å². The Morgan fingerprint density at radius 2 is 1.86 bits per heavy atom. The fraction of sp³-hybridized carbons (Fsp3) is 0.294. The number of hydrogen-bond acceptors (Lipinski definition) is 1. The zero-order valence-corrected chi connectivity index (χ0v) is 13.7. The van der Waals surface area contributed by atoms with E-state index in [1.165, 1.54) is 17.7 Å². The van der Waals surface area contributed by atoms with Crippen LogP contribution in [-0.4, -0.2) is 6.54 Å². The summed E-state index contributed by atoms with van der Waals surface area (Å²) in [5.74, 6) is -1.61. The van der Waals surface area contributed by atoms with Crippen molar-refractivity contribution in [2.24, 2.45) is 0 Å². The van der Waals surface area contributed by atoms with Crippen molar-refractivity contribution in [3.63, 3.8) is 0 Å². The summed E-state index contributed by atoms with van der Waals surface area (Å²) in [5.41, 5.74) is 3.07. The molecule has 0 aliphatic carbocycles. The fourth-order valence-electron chi connectivity index (χ4n) is 2.28. The smallest absolute Gasteiger partial charge is 0.159 e. The molecule has 1 N–H and O–H groups in total. The topological polar surface area (TPSA) is 12.0 Å². The van der Waals surface area contributed by atoms with E-state index in [1.807, 2.05) is 13.8 Å². The van der Waals surface area contributed by atoms with Crippen LogP contribution < -0.4 is 5.32 Å². The first-order chi connectivity index (χ1) is 10.0. The molecule has 0 fully saturated rings. The third-order valence-corrected chi connectivity index (χ3v) is 4.33. The minimum Gasteiger partial charge on any atom is -0.310 e. The molecule has 0 aromatic heterocycles. The van der Waals surface area contributed by atoms with Gasteiger partial charge in [0, 0.05) is 10.5 Å². The molecule has 21 heavy (non-hydrogen) atoms. The minimum atomic E-state index is -0.808. The SMILES string of the molecule is CCNC(Cc1ccc(F)c(F)c1)c1ccc(C)c(Br)c1. The highest BCUT2D eigenvalue weighted by Gasteiger charge is 2.13. The second-order valence-corrected chi connectivity index (χ2v) is 5.93. The zero-order chi connectivity index (χ0) is 15.4. The molecule has 0 aliphatic heterocycles. The molecule has 0 heterocycles. The number of aryl methyl sites for hydroxylation is 1. The summed E-state index contributed by atoms with van der Waals surface area (Å²) in [6.45, 7) is 4.87. The van der Waals surface area contributed by atoms with E-state index in [0.29, 0.717) is 6.42 Å². The number of halogens is 3. The molecule has 2 aromatic carbocycles. The lowest BCUT2D eigenvalue weighted by Gasteiger charge is -2.19. The third kappa shape index (κ3) is 4.11. The van der Waals surface area contributed by atoms with Crippen LogP contribution in [0, 0.1) is 18.6 Å². The number of hydrogen-bond donors (Lipinski definition) is 1. The van der Waals surface area contributed by atoms with Crippen LogP contribution in [0.25, 0.3) is 0 Å². The second kappa shape index (κ2) is 7.14. The van der Waals surface area contributed by atoms with Gasteiger partial charge in [-0.05, 0) is 54.8 Å². The Labute approximate surface area is 132 Å². The highest BCUT2D eigenvalue weighted by Crippen LogP contribution is 2.25.